The number of carbonyl (C=O) groups excluding carboxylic acids is 2. The van der Waals surface area contributed by atoms with Crippen LogP contribution in [0.25, 0.3) is 0 Å². The molecular weight excluding hydrogens is 570 g/mol. The number of ether oxygens (including phenoxy) is 1. The molecule has 2 aromatic rings. The number of benzene rings is 1. The number of rotatable bonds is 8. The van der Waals surface area contributed by atoms with Crippen molar-refractivity contribution >= 4 is 23.5 Å². The summed E-state index contributed by atoms with van der Waals surface area (Å²) in [5.41, 5.74) is -0.121. The molecule has 230 valence electrons. The number of piperazine rings is 1. The maximum atomic E-state index is 13.8. The molecule has 0 radical (unpaired) electrons. The number of nitrogens with zero attached hydrogens (tertiary/aromatic N) is 5. The summed E-state index contributed by atoms with van der Waals surface area (Å²) in [5, 5.41) is 2.79. The summed E-state index contributed by atoms with van der Waals surface area (Å²) in [4.78, 5) is 37.4. The van der Waals surface area contributed by atoms with Crippen molar-refractivity contribution in [1.82, 2.24) is 20.2 Å². The fraction of sp³-hybridized carbons (Fsp3) is 0.556. The zero-order chi connectivity index (χ0) is 30.5. The fourth-order valence-corrected chi connectivity index (χ4v) is 5.01. The average Bonchev–Trinajstić information content (AvgIpc) is 2.96. The number of alkyl halides is 6. The Labute approximate surface area is 238 Å². The number of hydrogen-bond donors (Lipinski definition) is 1. The van der Waals surface area contributed by atoms with Crippen molar-refractivity contribution in [3.8, 4) is 0 Å². The molecule has 2 amide bonds. The van der Waals surface area contributed by atoms with Crippen LogP contribution < -0.4 is 15.1 Å². The van der Waals surface area contributed by atoms with Crippen molar-refractivity contribution in [1.29, 1.82) is 0 Å². The Bertz CT molecular complexity index is 1230. The maximum absolute atomic E-state index is 13.8. The van der Waals surface area contributed by atoms with Crippen LogP contribution in [0.15, 0.2) is 30.3 Å². The van der Waals surface area contributed by atoms with Gasteiger partial charge in [-0.25, -0.2) is 9.97 Å². The minimum absolute atomic E-state index is 0.0625. The Balaban J connectivity index is 1.39. The first-order valence-corrected chi connectivity index (χ1v) is 13.5. The summed E-state index contributed by atoms with van der Waals surface area (Å²) in [6, 6.07) is 6.18. The number of nitrogens with one attached hydrogen (secondary N) is 1. The van der Waals surface area contributed by atoms with Gasteiger partial charge in [-0.2, -0.15) is 26.3 Å². The van der Waals surface area contributed by atoms with E-state index in [2.05, 4.69) is 15.3 Å². The number of aromatic nitrogens is 2. The van der Waals surface area contributed by atoms with E-state index >= 15 is 0 Å². The molecule has 1 atom stereocenters. The van der Waals surface area contributed by atoms with Gasteiger partial charge >= 0.3 is 12.4 Å². The van der Waals surface area contributed by atoms with Gasteiger partial charge in [0, 0.05) is 59.0 Å². The highest BCUT2D eigenvalue weighted by molar-refractivity contribution is 5.79. The Kier molecular flexibility index (Phi) is 9.79. The zero-order valence-electron chi connectivity index (χ0n) is 23.0. The number of anilines is 2. The van der Waals surface area contributed by atoms with E-state index in [4.69, 9.17) is 4.74 Å². The summed E-state index contributed by atoms with van der Waals surface area (Å²) in [7, 11) is 1.41. The minimum atomic E-state index is -4.79. The molecule has 2 saturated heterocycles. The van der Waals surface area contributed by atoms with E-state index in [9.17, 15) is 35.9 Å². The monoisotopic (exact) mass is 602 g/mol. The molecule has 2 fully saturated rings. The molecule has 0 bridgehead atoms. The van der Waals surface area contributed by atoms with Gasteiger partial charge < -0.3 is 24.8 Å². The standard InChI is InChI=1S/C27H32F6N6O3/c1-42-17-23(40)38-13-11-37(12-14-38)21-15-22(36-25(35-21)27(31,32)33)39-10-2-3-19(16-39)24(41)34-9-8-18-4-6-20(7-5-18)26(28,29)30/h4-7,15,19H,2-3,8-14,16-17H2,1H3,(H,34,41). The first-order chi connectivity index (χ1) is 19.8. The van der Waals surface area contributed by atoms with Crippen molar-refractivity contribution in [2.75, 3.05) is 69.3 Å². The second-order valence-corrected chi connectivity index (χ2v) is 10.2. The van der Waals surface area contributed by atoms with E-state index in [-0.39, 0.29) is 56.2 Å². The van der Waals surface area contributed by atoms with Crippen LogP contribution in [-0.4, -0.2) is 86.2 Å². The topological polar surface area (TPSA) is 90.9 Å². The molecule has 0 saturated carbocycles. The fourth-order valence-electron chi connectivity index (χ4n) is 5.01. The van der Waals surface area contributed by atoms with Gasteiger partial charge in [-0.15, -0.1) is 0 Å². The van der Waals surface area contributed by atoms with E-state index in [1.807, 2.05) is 0 Å². The van der Waals surface area contributed by atoms with Crippen LogP contribution in [0.3, 0.4) is 0 Å². The Morgan fingerprint density at radius 3 is 2.17 bits per heavy atom. The highest BCUT2D eigenvalue weighted by Gasteiger charge is 2.37. The number of amides is 2. The molecule has 1 aromatic heterocycles. The van der Waals surface area contributed by atoms with Gasteiger partial charge in [-0.3, -0.25) is 9.59 Å². The van der Waals surface area contributed by atoms with E-state index < -0.39 is 29.7 Å². The SMILES string of the molecule is COCC(=O)N1CCN(c2cc(N3CCCC(C(=O)NCCc4ccc(C(F)(F)F)cc4)C3)nc(C(F)(F)F)n2)CC1. The van der Waals surface area contributed by atoms with Gasteiger partial charge in [0.1, 0.15) is 18.2 Å². The van der Waals surface area contributed by atoms with E-state index in [1.165, 1.54) is 25.3 Å². The predicted octanol–water partition coefficient (Wildman–Crippen LogP) is 3.38. The predicted molar refractivity (Wildman–Crippen MR) is 141 cm³/mol. The number of piperidine rings is 1. The first-order valence-electron chi connectivity index (χ1n) is 13.5. The number of halogens is 6. The summed E-state index contributed by atoms with van der Waals surface area (Å²) >= 11 is 0. The molecular formula is C27H32F6N6O3. The second kappa shape index (κ2) is 13.1. The van der Waals surface area contributed by atoms with Crippen LogP contribution >= 0.6 is 0 Å². The van der Waals surface area contributed by atoms with Gasteiger partial charge in [0.15, 0.2) is 0 Å². The van der Waals surface area contributed by atoms with Crippen LogP contribution in [0.2, 0.25) is 0 Å². The highest BCUT2D eigenvalue weighted by Crippen LogP contribution is 2.32. The van der Waals surface area contributed by atoms with Gasteiger partial charge in [0.05, 0.1) is 11.5 Å². The van der Waals surface area contributed by atoms with Gasteiger partial charge in [0.2, 0.25) is 17.6 Å². The molecule has 4 rings (SSSR count). The maximum Gasteiger partial charge on any atom is 0.451 e. The number of hydrogen-bond acceptors (Lipinski definition) is 7. The van der Waals surface area contributed by atoms with E-state index in [0.29, 0.717) is 44.5 Å². The van der Waals surface area contributed by atoms with E-state index in [1.54, 1.807) is 14.7 Å². The molecule has 1 N–H and O–H groups in total. The van der Waals surface area contributed by atoms with Crippen molar-refractivity contribution in [3.05, 3.63) is 47.3 Å². The minimum Gasteiger partial charge on any atom is -0.375 e. The second-order valence-electron chi connectivity index (χ2n) is 10.2. The molecule has 0 spiro atoms. The van der Waals surface area contributed by atoms with E-state index in [0.717, 1.165) is 12.1 Å². The zero-order valence-corrected chi connectivity index (χ0v) is 23.0. The van der Waals surface area contributed by atoms with Crippen LogP contribution in [-0.2, 0) is 33.1 Å². The lowest BCUT2D eigenvalue weighted by Gasteiger charge is -2.37. The van der Waals surface area contributed by atoms with Crippen molar-refractivity contribution in [2.45, 2.75) is 31.6 Å². The largest absolute Gasteiger partial charge is 0.451 e. The molecule has 42 heavy (non-hydrogen) atoms. The van der Waals surface area contributed by atoms with Gasteiger partial charge in [-0.1, -0.05) is 12.1 Å². The molecule has 0 aliphatic carbocycles. The van der Waals surface area contributed by atoms with Crippen molar-refractivity contribution in [3.63, 3.8) is 0 Å². The molecule has 15 heteroatoms. The van der Waals surface area contributed by atoms with Crippen LogP contribution in [0.4, 0.5) is 38.0 Å². The van der Waals surface area contributed by atoms with Gasteiger partial charge in [0.25, 0.3) is 0 Å². The normalized spacial score (nSPS) is 18.3. The Morgan fingerprint density at radius 2 is 1.57 bits per heavy atom. The number of carbonyl (C=O) groups is 2. The summed E-state index contributed by atoms with van der Waals surface area (Å²) < 4.78 is 84.4. The summed E-state index contributed by atoms with van der Waals surface area (Å²) in [6.07, 6.45) is -7.80. The molecule has 2 aliphatic heterocycles. The summed E-state index contributed by atoms with van der Waals surface area (Å²) in [5.74, 6) is -2.12. The van der Waals surface area contributed by atoms with Crippen LogP contribution in [0, 0.1) is 5.92 Å². The summed E-state index contributed by atoms with van der Waals surface area (Å²) in [6.45, 7) is 1.87. The first kappa shape index (κ1) is 31.3. The third kappa shape index (κ3) is 8.01. The Morgan fingerprint density at radius 1 is 0.929 bits per heavy atom. The van der Waals surface area contributed by atoms with Crippen molar-refractivity contribution in [2.24, 2.45) is 5.92 Å². The lowest BCUT2D eigenvalue weighted by atomic mass is 9.97. The third-order valence-electron chi connectivity index (χ3n) is 7.29. The average molecular weight is 603 g/mol. The molecule has 1 aromatic carbocycles. The third-order valence-corrected chi connectivity index (χ3v) is 7.29. The van der Waals surface area contributed by atoms with Crippen LogP contribution in [0.5, 0.6) is 0 Å². The highest BCUT2D eigenvalue weighted by atomic mass is 19.4. The lowest BCUT2D eigenvalue weighted by Crippen LogP contribution is -2.50. The molecule has 3 heterocycles. The lowest BCUT2D eigenvalue weighted by molar-refractivity contribution is -0.145. The van der Waals surface area contributed by atoms with Crippen LogP contribution in [0.1, 0.15) is 29.8 Å². The Hall–Kier alpha value is -3.62. The molecule has 9 nitrogen and oxygen atoms in total. The van der Waals surface area contributed by atoms with Crippen molar-refractivity contribution < 1.29 is 40.7 Å². The molecule has 1 unspecified atom stereocenters. The quantitative estimate of drug-likeness (QED) is 0.464. The molecule has 2 aliphatic rings. The van der Waals surface area contributed by atoms with Gasteiger partial charge in [-0.05, 0) is 37.0 Å². The number of methoxy groups -OCH3 is 1. The smallest absolute Gasteiger partial charge is 0.375 e.